The van der Waals surface area contributed by atoms with Gasteiger partial charge in [-0.3, -0.25) is 0 Å². The fourth-order valence-corrected chi connectivity index (χ4v) is 3.51. The van der Waals surface area contributed by atoms with Crippen molar-refractivity contribution in [1.29, 1.82) is 0 Å². The fourth-order valence-electron chi connectivity index (χ4n) is 3.51. The lowest BCUT2D eigenvalue weighted by molar-refractivity contribution is 0.317. The molecular weight excluding hydrogens is 250 g/mol. The zero-order chi connectivity index (χ0) is 13.6. The Morgan fingerprint density at radius 1 is 0.850 bits per heavy atom. The highest BCUT2D eigenvalue weighted by Gasteiger charge is 2.23. The van der Waals surface area contributed by atoms with E-state index < -0.39 is 0 Å². The van der Waals surface area contributed by atoms with E-state index in [9.17, 15) is 0 Å². The van der Waals surface area contributed by atoms with E-state index in [1.807, 2.05) is 0 Å². The van der Waals surface area contributed by atoms with Gasteiger partial charge in [0.25, 0.3) is 0 Å². The predicted octanol–water partition coefficient (Wildman–Crippen LogP) is 4.10. The molecule has 0 bridgehead atoms. The smallest absolute Gasteiger partial charge is 0.229 e. The highest BCUT2D eigenvalue weighted by molar-refractivity contribution is 4.99. The first-order chi connectivity index (χ1) is 9.93. The Morgan fingerprint density at radius 3 is 2.40 bits per heavy atom. The van der Waals surface area contributed by atoms with Crippen LogP contribution in [0.15, 0.2) is 4.52 Å². The Balaban J connectivity index is 1.65. The molecule has 1 aromatic heterocycles. The van der Waals surface area contributed by atoms with Crippen molar-refractivity contribution in [3.8, 4) is 0 Å². The molecule has 0 aromatic carbocycles. The molecule has 0 amide bonds. The van der Waals surface area contributed by atoms with Crippen LogP contribution in [0.3, 0.4) is 0 Å². The number of hydrogen-bond acceptors (Lipinski definition) is 4. The van der Waals surface area contributed by atoms with E-state index in [0.29, 0.717) is 12.0 Å². The van der Waals surface area contributed by atoms with Crippen molar-refractivity contribution in [1.82, 2.24) is 15.5 Å². The molecule has 2 heterocycles. The van der Waals surface area contributed by atoms with Crippen LogP contribution in [0.1, 0.15) is 94.3 Å². The molecule has 3 rings (SSSR count). The Hall–Kier alpha value is -0.900. The molecule has 0 radical (unpaired) electrons. The molecule has 4 heteroatoms. The van der Waals surface area contributed by atoms with Gasteiger partial charge in [0.2, 0.25) is 5.89 Å². The lowest BCUT2D eigenvalue weighted by Crippen LogP contribution is -2.21. The summed E-state index contributed by atoms with van der Waals surface area (Å²) in [5, 5.41) is 7.81. The molecule has 1 saturated heterocycles. The van der Waals surface area contributed by atoms with Gasteiger partial charge >= 0.3 is 0 Å². The Bertz CT molecular complexity index is 388. The van der Waals surface area contributed by atoms with E-state index in [2.05, 4.69) is 10.5 Å². The van der Waals surface area contributed by atoms with E-state index in [1.165, 1.54) is 64.2 Å². The second kappa shape index (κ2) is 7.21. The SMILES string of the molecule is C1CCCC(c2nc(C3CCCCCN3)no2)CCC1. The van der Waals surface area contributed by atoms with Gasteiger partial charge in [0, 0.05) is 5.92 Å². The van der Waals surface area contributed by atoms with Crippen LogP contribution in [0.25, 0.3) is 0 Å². The van der Waals surface area contributed by atoms with Gasteiger partial charge in [0.15, 0.2) is 5.82 Å². The first-order valence-corrected chi connectivity index (χ1v) is 8.50. The van der Waals surface area contributed by atoms with Crippen molar-refractivity contribution in [3.05, 3.63) is 11.7 Å². The maximum absolute atomic E-state index is 5.59. The lowest BCUT2D eigenvalue weighted by Gasteiger charge is -2.15. The largest absolute Gasteiger partial charge is 0.339 e. The summed E-state index contributed by atoms with van der Waals surface area (Å²) in [6, 6.07) is 0.309. The molecule has 1 aliphatic heterocycles. The fraction of sp³-hybridized carbons (Fsp3) is 0.875. The zero-order valence-corrected chi connectivity index (χ0v) is 12.4. The van der Waals surface area contributed by atoms with Crippen LogP contribution in [-0.4, -0.2) is 16.7 Å². The van der Waals surface area contributed by atoms with Crippen molar-refractivity contribution in [3.63, 3.8) is 0 Å². The summed E-state index contributed by atoms with van der Waals surface area (Å²) in [4.78, 5) is 4.73. The van der Waals surface area contributed by atoms with Gasteiger partial charge < -0.3 is 9.84 Å². The summed E-state index contributed by atoms with van der Waals surface area (Å²) >= 11 is 0. The Labute approximate surface area is 121 Å². The number of hydrogen-bond donors (Lipinski definition) is 1. The van der Waals surface area contributed by atoms with E-state index in [-0.39, 0.29) is 0 Å². The second-order valence-electron chi connectivity index (χ2n) is 6.39. The van der Waals surface area contributed by atoms with Gasteiger partial charge in [-0.1, -0.05) is 50.1 Å². The second-order valence-corrected chi connectivity index (χ2v) is 6.39. The maximum atomic E-state index is 5.59. The third-order valence-corrected chi connectivity index (χ3v) is 4.78. The number of aromatic nitrogens is 2. The molecule has 1 N–H and O–H groups in total. The monoisotopic (exact) mass is 277 g/mol. The topological polar surface area (TPSA) is 51.0 Å². The first kappa shape index (κ1) is 14.1. The summed E-state index contributed by atoms with van der Waals surface area (Å²) in [5.74, 6) is 2.29. The molecule has 4 nitrogen and oxygen atoms in total. The molecular formula is C16H27N3O. The van der Waals surface area contributed by atoms with Gasteiger partial charge in [0.05, 0.1) is 6.04 Å². The van der Waals surface area contributed by atoms with Gasteiger partial charge in [-0.25, -0.2) is 0 Å². The molecule has 1 unspecified atom stereocenters. The highest BCUT2D eigenvalue weighted by Crippen LogP contribution is 2.31. The summed E-state index contributed by atoms with van der Waals surface area (Å²) in [5.41, 5.74) is 0. The zero-order valence-electron chi connectivity index (χ0n) is 12.4. The third-order valence-electron chi connectivity index (χ3n) is 4.78. The van der Waals surface area contributed by atoms with E-state index in [4.69, 9.17) is 9.51 Å². The molecule has 1 aliphatic carbocycles. The maximum Gasteiger partial charge on any atom is 0.229 e. The van der Waals surface area contributed by atoms with Crippen molar-refractivity contribution >= 4 is 0 Å². The summed E-state index contributed by atoms with van der Waals surface area (Å²) < 4.78 is 5.59. The molecule has 2 fully saturated rings. The van der Waals surface area contributed by atoms with Crippen molar-refractivity contribution in [2.75, 3.05) is 6.54 Å². The van der Waals surface area contributed by atoms with Crippen LogP contribution < -0.4 is 5.32 Å². The number of nitrogens with zero attached hydrogens (tertiary/aromatic N) is 2. The van der Waals surface area contributed by atoms with Crippen LogP contribution in [0.5, 0.6) is 0 Å². The van der Waals surface area contributed by atoms with Gasteiger partial charge in [-0.2, -0.15) is 4.98 Å². The standard InChI is InChI=1S/C16H27N3O/c1-2-5-9-13(10-6-3-1)16-18-15(19-20-16)14-11-7-4-8-12-17-14/h13-14,17H,1-12H2. The highest BCUT2D eigenvalue weighted by atomic mass is 16.5. The van der Waals surface area contributed by atoms with E-state index in [0.717, 1.165) is 24.7 Å². The van der Waals surface area contributed by atoms with Gasteiger partial charge in [-0.05, 0) is 32.2 Å². The average molecular weight is 277 g/mol. The van der Waals surface area contributed by atoms with Crippen LogP contribution >= 0.6 is 0 Å². The minimum atomic E-state index is 0.309. The van der Waals surface area contributed by atoms with Crippen LogP contribution in [0.4, 0.5) is 0 Å². The van der Waals surface area contributed by atoms with Gasteiger partial charge in [-0.15, -0.1) is 0 Å². The van der Waals surface area contributed by atoms with E-state index in [1.54, 1.807) is 0 Å². The van der Waals surface area contributed by atoms with Crippen molar-refractivity contribution in [2.24, 2.45) is 0 Å². The Kier molecular flexibility index (Phi) is 5.06. The first-order valence-electron chi connectivity index (χ1n) is 8.50. The number of nitrogens with one attached hydrogen (secondary N) is 1. The van der Waals surface area contributed by atoms with Crippen molar-refractivity contribution in [2.45, 2.75) is 82.6 Å². The van der Waals surface area contributed by atoms with Gasteiger partial charge in [0.1, 0.15) is 0 Å². The minimum absolute atomic E-state index is 0.309. The third kappa shape index (κ3) is 3.60. The summed E-state index contributed by atoms with van der Waals surface area (Å²) in [6.45, 7) is 1.08. The average Bonchev–Trinajstić information content (AvgIpc) is 2.74. The van der Waals surface area contributed by atoms with Crippen LogP contribution in [0, 0.1) is 0 Å². The lowest BCUT2D eigenvalue weighted by atomic mass is 9.91. The predicted molar refractivity (Wildman–Crippen MR) is 78.6 cm³/mol. The molecule has 112 valence electrons. The molecule has 1 saturated carbocycles. The molecule has 0 spiro atoms. The quantitative estimate of drug-likeness (QED) is 0.884. The van der Waals surface area contributed by atoms with Crippen molar-refractivity contribution < 1.29 is 4.52 Å². The molecule has 20 heavy (non-hydrogen) atoms. The summed E-state index contributed by atoms with van der Waals surface area (Å²) in [7, 11) is 0. The van der Waals surface area contributed by atoms with Crippen LogP contribution in [-0.2, 0) is 0 Å². The normalized spacial score (nSPS) is 26.7. The van der Waals surface area contributed by atoms with Crippen LogP contribution in [0.2, 0.25) is 0 Å². The minimum Gasteiger partial charge on any atom is -0.339 e. The Morgan fingerprint density at radius 2 is 1.55 bits per heavy atom. The molecule has 1 atom stereocenters. The molecule has 2 aliphatic rings. The number of rotatable bonds is 2. The van der Waals surface area contributed by atoms with E-state index >= 15 is 0 Å². The molecule has 1 aromatic rings. The summed E-state index contributed by atoms with van der Waals surface area (Å²) in [6.07, 6.45) is 14.2.